The first-order valence-corrected chi connectivity index (χ1v) is 14.8. The number of amides is 2. The van der Waals surface area contributed by atoms with Crippen LogP contribution >= 0.6 is 11.3 Å². The average Bonchev–Trinajstić information content (AvgIpc) is 3.62. The summed E-state index contributed by atoms with van der Waals surface area (Å²) in [6.45, 7) is 3.14. The predicted molar refractivity (Wildman–Crippen MR) is 137 cm³/mol. The fourth-order valence-electron chi connectivity index (χ4n) is 4.95. The van der Waals surface area contributed by atoms with Crippen LogP contribution in [0.4, 0.5) is 0 Å². The molecule has 2 saturated heterocycles. The molecule has 0 aliphatic carbocycles. The molecule has 11 heteroatoms. The maximum Gasteiger partial charge on any atom is 0.273 e. The molecule has 0 radical (unpaired) electrons. The summed E-state index contributed by atoms with van der Waals surface area (Å²) < 4.78 is 25.3. The number of sulfone groups is 1. The van der Waals surface area contributed by atoms with Crippen LogP contribution in [0.25, 0.3) is 5.69 Å². The van der Waals surface area contributed by atoms with Gasteiger partial charge in [0.15, 0.2) is 9.84 Å². The van der Waals surface area contributed by atoms with Crippen molar-refractivity contribution < 1.29 is 18.0 Å². The molecule has 2 aromatic heterocycles. The number of hydrogen-bond acceptors (Lipinski definition) is 7. The summed E-state index contributed by atoms with van der Waals surface area (Å²) in [5, 5.41) is 7.08. The summed E-state index contributed by atoms with van der Waals surface area (Å²) >= 11 is 1.46. The van der Waals surface area contributed by atoms with Gasteiger partial charge in [-0.1, -0.05) is 18.2 Å². The lowest BCUT2D eigenvalue weighted by atomic mass is 9.97. The van der Waals surface area contributed by atoms with Crippen LogP contribution in [0.1, 0.15) is 56.7 Å². The summed E-state index contributed by atoms with van der Waals surface area (Å²) in [6, 6.07) is 9.45. The molecule has 2 fully saturated rings. The lowest BCUT2D eigenvalue weighted by Crippen LogP contribution is -2.38. The number of piperidine rings is 1. The summed E-state index contributed by atoms with van der Waals surface area (Å²) in [4.78, 5) is 34.1. The van der Waals surface area contributed by atoms with Crippen molar-refractivity contribution in [2.24, 2.45) is 0 Å². The van der Waals surface area contributed by atoms with E-state index in [2.05, 4.69) is 10.1 Å². The smallest absolute Gasteiger partial charge is 0.273 e. The number of aromatic nitrogens is 3. The molecule has 0 saturated carbocycles. The van der Waals surface area contributed by atoms with Crippen LogP contribution in [-0.4, -0.2) is 82.5 Å². The van der Waals surface area contributed by atoms with E-state index >= 15 is 0 Å². The average molecular weight is 528 g/mol. The number of likely N-dealkylation sites (tertiary alicyclic amines) is 1. The van der Waals surface area contributed by atoms with E-state index in [0.29, 0.717) is 30.8 Å². The van der Waals surface area contributed by atoms with Gasteiger partial charge in [0.2, 0.25) is 0 Å². The molecule has 1 unspecified atom stereocenters. The predicted octanol–water partition coefficient (Wildman–Crippen LogP) is 2.92. The number of benzene rings is 1. The molecule has 0 bridgehead atoms. The molecule has 2 aliphatic rings. The zero-order valence-corrected chi connectivity index (χ0v) is 22.0. The lowest BCUT2D eigenvalue weighted by Gasteiger charge is -2.31. The topological polar surface area (TPSA) is 105 Å². The van der Waals surface area contributed by atoms with Gasteiger partial charge in [0.25, 0.3) is 11.8 Å². The van der Waals surface area contributed by atoms with E-state index < -0.39 is 9.84 Å². The third kappa shape index (κ3) is 4.81. The molecule has 36 heavy (non-hydrogen) atoms. The van der Waals surface area contributed by atoms with E-state index in [1.165, 1.54) is 16.2 Å². The number of carbonyl (C=O) groups is 2. The minimum atomic E-state index is -3.07. The maximum atomic E-state index is 13.2. The molecule has 0 spiro atoms. The molecule has 3 aromatic rings. The van der Waals surface area contributed by atoms with Crippen molar-refractivity contribution in [2.75, 3.05) is 31.6 Å². The van der Waals surface area contributed by atoms with Gasteiger partial charge < -0.3 is 9.80 Å². The highest BCUT2D eigenvalue weighted by molar-refractivity contribution is 7.91. The highest BCUT2D eigenvalue weighted by Gasteiger charge is 2.34. The Kier molecular flexibility index (Phi) is 6.69. The van der Waals surface area contributed by atoms with Crippen LogP contribution in [0.5, 0.6) is 0 Å². The summed E-state index contributed by atoms with van der Waals surface area (Å²) in [5.41, 5.74) is 2.71. The Morgan fingerprint density at radius 3 is 2.50 bits per heavy atom. The molecule has 1 aromatic carbocycles. The Bertz CT molecular complexity index is 1370. The first-order chi connectivity index (χ1) is 17.2. The minimum Gasteiger partial charge on any atom is -0.338 e. The molecule has 0 N–H and O–H groups in total. The van der Waals surface area contributed by atoms with Gasteiger partial charge in [-0.15, -0.1) is 11.3 Å². The number of carbonyl (C=O) groups excluding carboxylic acids is 2. The summed E-state index contributed by atoms with van der Waals surface area (Å²) in [6.07, 6.45) is 3.66. The Morgan fingerprint density at radius 2 is 1.83 bits per heavy atom. The lowest BCUT2D eigenvalue weighted by molar-refractivity contribution is 0.0712. The van der Waals surface area contributed by atoms with Gasteiger partial charge >= 0.3 is 0 Å². The monoisotopic (exact) mass is 527 g/mol. The van der Waals surface area contributed by atoms with Gasteiger partial charge in [0.1, 0.15) is 5.69 Å². The number of para-hydroxylation sites is 1. The van der Waals surface area contributed by atoms with Crippen LogP contribution in [0, 0.1) is 6.92 Å². The second-order valence-corrected chi connectivity index (χ2v) is 12.6. The van der Waals surface area contributed by atoms with E-state index in [4.69, 9.17) is 0 Å². The number of nitrogens with zero attached hydrogens (tertiary/aromatic N) is 5. The number of thiazole rings is 1. The number of hydrogen-bond donors (Lipinski definition) is 0. The van der Waals surface area contributed by atoms with Crippen LogP contribution in [-0.2, 0) is 9.84 Å². The number of rotatable bonds is 5. The van der Waals surface area contributed by atoms with E-state index in [1.807, 2.05) is 42.2 Å². The molecular weight excluding hydrogens is 498 g/mol. The van der Waals surface area contributed by atoms with Crippen molar-refractivity contribution in [3.8, 4) is 5.69 Å². The molecular formula is C25H29N5O4S2. The quantitative estimate of drug-likeness (QED) is 0.505. The summed E-state index contributed by atoms with van der Waals surface area (Å²) in [5.74, 6) is 0.0736. The van der Waals surface area contributed by atoms with Crippen LogP contribution in [0.3, 0.4) is 0 Å². The Balaban J connectivity index is 1.20. The molecule has 5 rings (SSSR count). The van der Waals surface area contributed by atoms with Gasteiger partial charge in [-0.05, 0) is 38.3 Å². The van der Waals surface area contributed by atoms with Gasteiger partial charge in [0.05, 0.1) is 39.7 Å². The second kappa shape index (κ2) is 9.78. The Labute approximate surface area is 214 Å². The first-order valence-electron chi connectivity index (χ1n) is 12.1. The van der Waals surface area contributed by atoms with Crippen LogP contribution in [0.2, 0.25) is 0 Å². The van der Waals surface area contributed by atoms with Gasteiger partial charge in [-0.25, -0.2) is 18.1 Å². The fraction of sp³-hybridized carbons (Fsp3) is 0.440. The van der Waals surface area contributed by atoms with Crippen LogP contribution in [0.15, 0.2) is 41.9 Å². The van der Waals surface area contributed by atoms with Crippen molar-refractivity contribution in [2.45, 2.75) is 38.1 Å². The molecule has 9 nitrogen and oxygen atoms in total. The second-order valence-electron chi connectivity index (χ2n) is 9.50. The maximum absolute atomic E-state index is 13.2. The molecule has 2 amide bonds. The summed E-state index contributed by atoms with van der Waals surface area (Å²) in [7, 11) is -1.41. The van der Waals surface area contributed by atoms with Gasteiger partial charge in [-0.3, -0.25) is 9.59 Å². The Hall–Kier alpha value is -3.05. The molecule has 4 heterocycles. The first kappa shape index (κ1) is 24.6. The fourth-order valence-corrected chi connectivity index (χ4v) is 7.69. The van der Waals surface area contributed by atoms with Gasteiger partial charge in [0, 0.05) is 37.5 Å². The van der Waals surface area contributed by atoms with E-state index in [0.717, 1.165) is 29.2 Å². The highest BCUT2D eigenvalue weighted by atomic mass is 32.2. The third-order valence-corrected chi connectivity index (χ3v) is 9.95. The largest absolute Gasteiger partial charge is 0.338 e. The Morgan fingerprint density at radius 1 is 1.11 bits per heavy atom. The van der Waals surface area contributed by atoms with Crippen LogP contribution < -0.4 is 0 Å². The molecule has 2 aliphatic heterocycles. The van der Waals surface area contributed by atoms with Crippen molar-refractivity contribution in [3.63, 3.8) is 0 Å². The highest BCUT2D eigenvalue weighted by Crippen LogP contribution is 2.32. The van der Waals surface area contributed by atoms with Crippen molar-refractivity contribution >= 4 is 33.0 Å². The van der Waals surface area contributed by atoms with E-state index in [-0.39, 0.29) is 35.3 Å². The van der Waals surface area contributed by atoms with E-state index in [1.54, 1.807) is 23.3 Å². The normalized spacial score (nSPS) is 19.9. The van der Waals surface area contributed by atoms with Gasteiger partial charge in [-0.2, -0.15) is 5.10 Å². The molecule has 1 atom stereocenters. The van der Waals surface area contributed by atoms with Crippen molar-refractivity contribution in [1.29, 1.82) is 0 Å². The third-order valence-electron chi connectivity index (χ3n) is 7.19. The van der Waals surface area contributed by atoms with E-state index in [9.17, 15) is 18.0 Å². The zero-order valence-electron chi connectivity index (χ0n) is 20.3. The minimum absolute atomic E-state index is 0.0163. The SMILES string of the molecule is Cc1c(C(=O)N2CCC(c3nc(C(=O)N(C)C4CCS(=O)(=O)C4)cs3)CC2)cnn1-c1ccccc1. The standard InChI is InChI=1S/C25H29N5O4S2/c1-17-21(14-26-30(17)19-6-4-3-5-7-19)24(31)29-11-8-18(9-12-29)23-27-22(15-35-23)25(32)28(2)20-10-13-36(33,34)16-20/h3-7,14-15,18,20H,8-13,16H2,1-2H3. The van der Waals surface area contributed by atoms with Crippen molar-refractivity contribution in [1.82, 2.24) is 24.6 Å². The zero-order chi connectivity index (χ0) is 25.4. The molecule has 190 valence electrons. The van der Waals surface area contributed by atoms with Crippen molar-refractivity contribution in [3.05, 3.63) is 63.9 Å².